The number of carboxylic acids is 1. The van der Waals surface area contributed by atoms with E-state index in [1.165, 1.54) is 0 Å². The van der Waals surface area contributed by atoms with E-state index in [1.54, 1.807) is 25.1 Å². The normalized spacial score (nSPS) is 10.8. The van der Waals surface area contributed by atoms with Crippen LogP contribution in [0.15, 0.2) is 56.1 Å². The van der Waals surface area contributed by atoms with Crippen LogP contribution < -0.4 is 10.4 Å². The van der Waals surface area contributed by atoms with Gasteiger partial charge in [0.15, 0.2) is 0 Å². The standard InChI is InChI=1S/C19H15BrO5/c1-11-14-7-6-13(24-10-12-4-2-3-5-16(12)20)8-17(14)25-19(23)15(11)9-18(21)22/h2-8H,9-10H2,1H3,(H,21,22). The van der Waals surface area contributed by atoms with Crippen molar-refractivity contribution in [2.24, 2.45) is 0 Å². The van der Waals surface area contributed by atoms with Crippen molar-refractivity contribution in [1.29, 1.82) is 0 Å². The molecule has 0 aliphatic heterocycles. The van der Waals surface area contributed by atoms with Gasteiger partial charge in [0.25, 0.3) is 0 Å². The van der Waals surface area contributed by atoms with Crippen LogP contribution in [0.3, 0.4) is 0 Å². The van der Waals surface area contributed by atoms with Gasteiger partial charge >= 0.3 is 11.6 Å². The lowest BCUT2D eigenvalue weighted by Gasteiger charge is -2.10. The Bertz CT molecular complexity index is 1010. The molecule has 0 amide bonds. The van der Waals surface area contributed by atoms with Crippen LogP contribution in [-0.4, -0.2) is 11.1 Å². The van der Waals surface area contributed by atoms with Crippen molar-refractivity contribution in [3.05, 3.63) is 74.0 Å². The molecular weight excluding hydrogens is 388 g/mol. The predicted octanol–water partition coefficient (Wildman–Crippen LogP) is 4.07. The van der Waals surface area contributed by atoms with Gasteiger partial charge in [-0.2, -0.15) is 0 Å². The van der Waals surface area contributed by atoms with E-state index in [2.05, 4.69) is 15.9 Å². The van der Waals surface area contributed by atoms with Gasteiger partial charge in [0.2, 0.25) is 0 Å². The largest absolute Gasteiger partial charge is 0.489 e. The highest BCUT2D eigenvalue weighted by Gasteiger charge is 2.14. The minimum absolute atomic E-state index is 0.168. The molecule has 0 radical (unpaired) electrons. The summed E-state index contributed by atoms with van der Waals surface area (Å²) in [6.07, 6.45) is -0.357. The summed E-state index contributed by atoms with van der Waals surface area (Å²) in [6.45, 7) is 2.09. The lowest BCUT2D eigenvalue weighted by atomic mass is 10.0. The molecule has 3 aromatic rings. The topological polar surface area (TPSA) is 76.7 Å². The Balaban J connectivity index is 1.91. The van der Waals surface area contributed by atoms with Crippen molar-refractivity contribution in [2.45, 2.75) is 20.0 Å². The lowest BCUT2D eigenvalue weighted by Crippen LogP contribution is -2.14. The molecule has 0 aliphatic carbocycles. The molecule has 0 fully saturated rings. The summed E-state index contributed by atoms with van der Waals surface area (Å²) < 4.78 is 12.0. The molecule has 1 N–H and O–H groups in total. The highest BCUT2D eigenvalue weighted by Crippen LogP contribution is 2.25. The Morgan fingerprint density at radius 1 is 1.24 bits per heavy atom. The van der Waals surface area contributed by atoms with E-state index in [1.807, 2.05) is 24.3 Å². The summed E-state index contributed by atoms with van der Waals surface area (Å²) in [7, 11) is 0. The van der Waals surface area contributed by atoms with Crippen LogP contribution in [0.25, 0.3) is 11.0 Å². The molecule has 0 saturated carbocycles. The molecule has 1 heterocycles. The number of carboxylic acid groups (broad SMARTS) is 1. The van der Waals surface area contributed by atoms with Crippen LogP contribution in [0, 0.1) is 6.92 Å². The molecule has 0 bridgehead atoms. The van der Waals surface area contributed by atoms with Crippen molar-refractivity contribution < 1.29 is 19.1 Å². The number of hydrogen-bond donors (Lipinski definition) is 1. The highest BCUT2D eigenvalue weighted by atomic mass is 79.9. The maximum atomic E-state index is 12.0. The maximum absolute atomic E-state index is 12.0. The number of aryl methyl sites for hydroxylation is 1. The molecule has 25 heavy (non-hydrogen) atoms. The number of benzene rings is 2. The van der Waals surface area contributed by atoms with Crippen molar-refractivity contribution >= 4 is 32.9 Å². The van der Waals surface area contributed by atoms with Gasteiger partial charge in [-0.15, -0.1) is 0 Å². The molecule has 0 unspecified atom stereocenters. The summed E-state index contributed by atoms with van der Waals surface area (Å²) in [5, 5.41) is 9.63. The zero-order chi connectivity index (χ0) is 18.0. The van der Waals surface area contributed by atoms with Gasteiger partial charge < -0.3 is 14.3 Å². The number of carbonyl (C=O) groups is 1. The monoisotopic (exact) mass is 402 g/mol. The summed E-state index contributed by atoms with van der Waals surface area (Å²) in [5.41, 5.74) is 1.53. The number of fused-ring (bicyclic) bond motifs is 1. The first-order valence-corrected chi connectivity index (χ1v) is 8.39. The summed E-state index contributed by atoms with van der Waals surface area (Å²) in [4.78, 5) is 23.0. The van der Waals surface area contributed by atoms with E-state index in [-0.39, 0.29) is 12.0 Å². The number of ether oxygens (including phenoxy) is 1. The average Bonchev–Trinajstić information content (AvgIpc) is 2.57. The first-order chi connectivity index (χ1) is 12.0. The van der Waals surface area contributed by atoms with E-state index in [0.29, 0.717) is 28.9 Å². The van der Waals surface area contributed by atoms with Crippen LogP contribution in [0.1, 0.15) is 16.7 Å². The van der Waals surface area contributed by atoms with E-state index < -0.39 is 11.6 Å². The van der Waals surface area contributed by atoms with Crippen LogP contribution in [0.4, 0.5) is 0 Å². The third kappa shape index (κ3) is 3.74. The zero-order valence-corrected chi connectivity index (χ0v) is 15.0. The molecule has 0 saturated heterocycles. The van der Waals surface area contributed by atoms with Crippen LogP contribution >= 0.6 is 15.9 Å². The predicted molar refractivity (Wildman–Crippen MR) is 97.0 cm³/mol. The fourth-order valence-corrected chi connectivity index (χ4v) is 3.00. The first-order valence-electron chi connectivity index (χ1n) is 7.60. The molecule has 5 nitrogen and oxygen atoms in total. The quantitative estimate of drug-likeness (QED) is 0.650. The second-order valence-electron chi connectivity index (χ2n) is 5.60. The fourth-order valence-electron chi connectivity index (χ4n) is 2.60. The smallest absolute Gasteiger partial charge is 0.340 e. The van der Waals surface area contributed by atoms with Gasteiger partial charge in [-0.05, 0) is 30.7 Å². The SMILES string of the molecule is Cc1c(CC(=O)O)c(=O)oc2cc(OCc3ccccc3Br)ccc12. The molecule has 3 rings (SSSR count). The minimum atomic E-state index is -1.07. The van der Waals surface area contributed by atoms with Gasteiger partial charge in [0.05, 0.1) is 12.0 Å². The molecule has 1 aromatic heterocycles. The van der Waals surface area contributed by atoms with E-state index >= 15 is 0 Å². The molecule has 6 heteroatoms. The fraction of sp³-hybridized carbons (Fsp3) is 0.158. The van der Waals surface area contributed by atoms with E-state index in [9.17, 15) is 9.59 Å². The third-order valence-corrected chi connectivity index (χ3v) is 4.71. The minimum Gasteiger partial charge on any atom is -0.489 e. The lowest BCUT2D eigenvalue weighted by molar-refractivity contribution is -0.136. The number of halogens is 1. The van der Waals surface area contributed by atoms with Gasteiger partial charge in [0, 0.05) is 21.5 Å². The van der Waals surface area contributed by atoms with E-state index in [4.69, 9.17) is 14.3 Å². The van der Waals surface area contributed by atoms with Crippen LogP contribution in [0.5, 0.6) is 5.75 Å². The Morgan fingerprint density at radius 3 is 2.72 bits per heavy atom. The van der Waals surface area contributed by atoms with Crippen LogP contribution in [-0.2, 0) is 17.8 Å². The second kappa shape index (κ2) is 7.11. The molecule has 2 aromatic carbocycles. The van der Waals surface area contributed by atoms with Crippen molar-refractivity contribution in [3.8, 4) is 5.75 Å². The maximum Gasteiger partial charge on any atom is 0.340 e. The highest BCUT2D eigenvalue weighted by molar-refractivity contribution is 9.10. The van der Waals surface area contributed by atoms with Gasteiger partial charge in [-0.3, -0.25) is 4.79 Å². The molecule has 0 spiro atoms. The van der Waals surface area contributed by atoms with Crippen molar-refractivity contribution in [1.82, 2.24) is 0 Å². The summed E-state index contributed by atoms with van der Waals surface area (Å²) >= 11 is 3.47. The van der Waals surface area contributed by atoms with Gasteiger partial charge in [0.1, 0.15) is 17.9 Å². The molecular formula is C19H15BrO5. The van der Waals surface area contributed by atoms with Gasteiger partial charge in [-0.1, -0.05) is 34.1 Å². The molecule has 0 aliphatic rings. The molecule has 128 valence electrons. The Morgan fingerprint density at radius 2 is 2.00 bits per heavy atom. The Kier molecular flexibility index (Phi) is 4.90. The zero-order valence-electron chi connectivity index (χ0n) is 13.4. The summed E-state index contributed by atoms with van der Waals surface area (Å²) in [5.74, 6) is -0.500. The number of aliphatic carboxylic acids is 1. The average molecular weight is 403 g/mol. The Labute approximate surface area is 152 Å². The number of rotatable bonds is 5. The van der Waals surface area contributed by atoms with Crippen molar-refractivity contribution in [3.63, 3.8) is 0 Å². The van der Waals surface area contributed by atoms with Gasteiger partial charge in [-0.25, -0.2) is 4.79 Å². The first kappa shape index (κ1) is 17.2. The second-order valence-corrected chi connectivity index (χ2v) is 6.46. The number of hydrogen-bond acceptors (Lipinski definition) is 4. The summed E-state index contributed by atoms with van der Waals surface area (Å²) in [6, 6.07) is 12.9. The van der Waals surface area contributed by atoms with E-state index in [0.717, 1.165) is 10.0 Å². The Hall–Kier alpha value is -2.60. The van der Waals surface area contributed by atoms with Crippen LogP contribution in [0.2, 0.25) is 0 Å². The third-order valence-electron chi connectivity index (χ3n) is 3.94. The molecule has 0 atom stereocenters. The van der Waals surface area contributed by atoms with Crippen molar-refractivity contribution in [2.75, 3.05) is 0 Å².